The van der Waals surface area contributed by atoms with Gasteiger partial charge in [0.1, 0.15) is 0 Å². The molecule has 0 spiro atoms. The Bertz CT molecular complexity index is 648. The quantitative estimate of drug-likeness (QED) is 0.512. The van der Waals surface area contributed by atoms with Gasteiger partial charge in [-0.3, -0.25) is 4.79 Å². The highest BCUT2D eigenvalue weighted by Gasteiger charge is 2.42. The Labute approximate surface area is 160 Å². The van der Waals surface area contributed by atoms with Crippen molar-refractivity contribution >= 4 is 34.0 Å². The molecule has 8 heteroatoms. The number of ether oxygens (including phenoxy) is 3. The van der Waals surface area contributed by atoms with E-state index in [2.05, 4.69) is 15.9 Å². The number of esters is 2. The van der Waals surface area contributed by atoms with Crippen LogP contribution in [0.4, 0.5) is 4.79 Å². The Hall–Kier alpha value is -2.09. The summed E-state index contributed by atoms with van der Waals surface area (Å²) < 4.78 is 15.8. The lowest BCUT2D eigenvalue weighted by Gasteiger charge is -2.17. The SMILES string of the molecule is CCOC(=O)COC(=O)N1C[C@H](C(=O)OCC)[C@@H](c2ccc(Br)cc2)C1. The lowest BCUT2D eigenvalue weighted by Crippen LogP contribution is -2.32. The first kappa shape index (κ1) is 20.2. The van der Waals surface area contributed by atoms with Gasteiger partial charge in [-0.05, 0) is 31.5 Å². The molecule has 0 aromatic heterocycles. The van der Waals surface area contributed by atoms with Crippen molar-refractivity contribution in [2.24, 2.45) is 5.92 Å². The number of likely N-dealkylation sites (tertiary alicyclic amines) is 1. The predicted molar refractivity (Wildman–Crippen MR) is 96.6 cm³/mol. The van der Waals surface area contributed by atoms with Gasteiger partial charge in [-0.25, -0.2) is 9.59 Å². The van der Waals surface area contributed by atoms with E-state index in [-0.39, 0.29) is 31.6 Å². The van der Waals surface area contributed by atoms with Crippen LogP contribution < -0.4 is 0 Å². The molecule has 1 amide bonds. The Kier molecular flexibility index (Phi) is 7.44. The summed E-state index contributed by atoms with van der Waals surface area (Å²) in [6.07, 6.45) is -0.646. The molecule has 0 N–H and O–H groups in total. The molecule has 2 atom stereocenters. The molecule has 1 aromatic carbocycles. The second-order valence-corrected chi connectivity index (χ2v) is 6.70. The van der Waals surface area contributed by atoms with Crippen LogP contribution in [0.15, 0.2) is 28.7 Å². The molecule has 0 bridgehead atoms. The maximum atomic E-state index is 12.3. The van der Waals surface area contributed by atoms with Gasteiger partial charge in [0.2, 0.25) is 0 Å². The van der Waals surface area contributed by atoms with E-state index in [4.69, 9.17) is 14.2 Å². The van der Waals surface area contributed by atoms with Crippen LogP contribution in [-0.4, -0.2) is 55.8 Å². The molecule has 0 unspecified atom stereocenters. The van der Waals surface area contributed by atoms with Crippen LogP contribution >= 0.6 is 15.9 Å². The smallest absolute Gasteiger partial charge is 0.410 e. The van der Waals surface area contributed by atoms with Gasteiger partial charge in [-0.1, -0.05) is 28.1 Å². The highest BCUT2D eigenvalue weighted by atomic mass is 79.9. The van der Waals surface area contributed by atoms with Crippen LogP contribution in [0.5, 0.6) is 0 Å². The minimum absolute atomic E-state index is 0.182. The second-order valence-electron chi connectivity index (χ2n) is 5.78. The Morgan fingerprint density at radius 3 is 2.31 bits per heavy atom. The first-order valence-electron chi connectivity index (χ1n) is 8.45. The van der Waals surface area contributed by atoms with Gasteiger partial charge in [0, 0.05) is 23.5 Å². The molecule has 0 aliphatic carbocycles. The van der Waals surface area contributed by atoms with Crippen molar-refractivity contribution in [2.45, 2.75) is 19.8 Å². The van der Waals surface area contributed by atoms with Crippen molar-refractivity contribution in [3.63, 3.8) is 0 Å². The molecule has 1 fully saturated rings. The molecule has 142 valence electrons. The zero-order valence-corrected chi connectivity index (χ0v) is 16.4. The number of halogens is 1. The molecular formula is C18H22BrNO6. The number of nitrogens with zero attached hydrogens (tertiary/aromatic N) is 1. The van der Waals surface area contributed by atoms with E-state index in [1.165, 1.54) is 4.90 Å². The van der Waals surface area contributed by atoms with Crippen molar-refractivity contribution in [1.82, 2.24) is 4.90 Å². The zero-order chi connectivity index (χ0) is 19.1. The lowest BCUT2D eigenvalue weighted by molar-refractivity contribution is -0.148. The number of rotatable bonds is 6. The summed E-state index contributed by atoms with van der Waals surface area (Å²) in [5.74, 6) is -1.63. The number of benzene rings is 1. The molecule has 0 radical (unpaired) electrons. The first-order valence-corrected chi connectivity index (χ1v) is 9.25. The summed E-state index contributed by atoms with van der Waals surface area (Å²) in [4.78, 5) is 37.3. The average molecular weight is 428 g/mol. The van der Waals surface area contributed by atoms with Crippen LogP contribution in [0.25, 0.3) is 0 Å². The first-order chi connectivity index (χ1) is 12.5. The van der Waals surface area contributed by atoms with Gasteiger partial charge < -0.3 is 19.1 Å². The molecule has 26 heavy (non-hydrogen) atoms. The van der Waals surface area contributed by atoms with Crippen molar-refractivity contribution in [3.8, 4) is 0 Å². The molecule has 7 nitrogen and oxygen atoms in total. The monoisotopic (exact) mass is 427 g/mol. The minimum Gasteiger partial charge on any atom is -0.466 e. The standard InChI is InChI=1S/C18H22BrNO6/c1-3-24-16(21)11-26-18(23)20-9-14(12-5-7-13(19)8-6-12)15(10-20)17(22)25-4-2/h5-8,14-15H,3-4,9-11H2,1-2H3/t14-,15+/m1/s1. The topological polar surface area (TPSA) is 82.1 Å². The molecule has 1 aliphatic rings. The number of hydrogen-bond donors (Lipinski definition) is 0. The summed E-state index contributed by atoms with van der Waals surface area (Å²) in [6.45, 7) is 3.95. The predicted octanol–water partition coefficient (Wildman–Crippen LogP) is 2.73. The lowest BCUT2D eigenvalue weighted by atomic mass is 9.89. The van der Waals surface area contributed by atoms with Crippen LogP contribution in [-0.2, 0) is 23.8 Å². The fourth-order valence-electron chi connectivity index (χ4n) is 2.90. The second kappa shape index (κ2) is 9.56. The fraction of sp³-hybridized carbons (Fsp3) is 0.500. The van der Waals surface area contributed by atoms with Gasteiger partial charge in [0.05, 0.1) is 19.1 Å². The molecule has 0 saturated carbocycles. The summed E-state index contributed by atoms with van der Waals surface area (Å²) in [6, 6.07) is 7.60. The maximum Gasteiger partial charge on any atom is 0.410 e. The summed E-state index contributed by atoms with van der Waals surface area (Å²) >= 11 is 3.38. The summed E-state index contributed by atoms with van der Waals surface area (Å²) in [5, 5.41) is 0. The fourth-order valence-corrected chi connectivity index (χ4v) is 3.17. The number of carbonyl (C=O) groups is 3. The normalized spacial score (nSPS) is 19.1. The van der Waals surface area contributed by atoms with Crippen molar-refractivity contribution < 1.29 is 28.6 Å². The Morgan fingerprint density at radius 1 is 1.04 bits per heavy atom. The highest BCUT2D eigenvalue weighted by molar-refractivity contribution is 9.10. The van der Waals surface area contributed by atoms with E-state index < -0.39 is 24.6 Å². The maximum absolute atomic E-state index is 12.3. The number of hydrogen-bond acceptors (Lipinski definition) is 6. The van der Waals surface area contributed by atoms with E-state index in [1.807, 2.05) is 24.3 Å². The summed E-state index contributed by atoms with van der Waals surface area (Å²) in [7, 11) is 0. The molecular weight excluding hydrogens is 406 g/mol. The van der Waals surface area contributed by atoms with E-state index >= 15 is 0 Å². The van der Waals surface area contributed by atoms with Gasteiger partial charge in [0.25, 0.3) is 0 Å². The van der Waals surface area contributed by atoms with Crippen LogP contribution in [0.3, 0.4) is 0 Å². The van der Waals surface area contributed by atoms with Gasteiger partial charge in [-0.2, -0.15) is 0 Å². The van der Waals surface area contributed by atoms with E-state index in [1.54, 1.807) is 13.8 Å². The van der Waals surface area contributed by atoms with Crippen molar-refractivity contribution in [3.05, 3.63) is 34.3 Å². The largest absolute Gasteiger partial charge is 0.466 e. The van der Waals surface area contributed by atoms with E-state index in [9.17, 15) is 14.4 Å². The van der Waals surface area contributed by atoms with Crippen LogP contribution in [0.1, 0.15) is 25.3 Å². The zero-order valence-electron chi connectivity index (χ0n) is 14.8. The van der Waals surface area contributed by atoms with Crippen LogP contribution in [0.2, 0.25) is 0 Å². The van der Waals surface area contributed by atoms with Crippen molar-refractivity contribution in [1.29, 1.82) is 0 Å². The molecule has 1 saturated heterocycles. The molecule has 1 aromatic rings. The molecule has 1 heterocycles. The van der Waals surface area contributed by atoms with E-state index in [0.29, 0.717) is 6.54 Å². The number of carbonyl (C=O) groups excluding carboxylic acids is 3. The molecule has 1 aliphatic heterocycles. The average Bonchev–Trinajstić information content (AvgIpc) is 3.06. The van der Waals surface area contributed by atoms with Crippen LogP contribution in [0, 0.1) is 5.92 Å². The third kappa shape index (κ3) is 5.20. The highest BCUT2D eigenvalue weighted by Crippen LogP contribution is 2.34. The molecule has 2 rings (SSSR count). The van der Waals surface area contributed by atoms with Gasteiger partial charge >= 0.3 is 18.0 Å². The summed E-state index contributed by atoms with van der Waals surface area (Å²) in [5.41, 5.74) is 0.937. The van der Waals surface area contributed by atoms with Gasteiger partial charge in [-0.15, -0.1) is 0 Å². The third-order valence-corrected chi connectivity index (χ3v) is 4.61. The van der Waals surface area contributed by atoms with Crippen molar-refractivity contribution in [2.75, 3.05) is 32.9 Å². The number of amides is 1. The third-order valence-electron chi connectivity index (χ3n) is 4.08. The van der Waals surface area contributed by atoms with Gasteiger partial charge in [0.15, 0.2) is 6.61 Å². The Morgan fingerprint density at radius 2 is 1.69 bits per heavy atom. The van der Waals surface area contributed by atoms with E-state index in [0.717, 1.165) is 10.0 Å². The minimum atomic E-state index is -0.646. The Balaban J connectivity index is 2.08.